The Labute approximate surface area is 114 Å². The average Bonchev–Trinajstić information content (AvgIpc) is 2.26. The first-order valence-electron chi connectivity index (χ1n) is 6.33. The lowest BCUT2D eigenvalue weighted by Crippen LogP contribution is -2.40. The number of pyridine rings is 1. The van der Waals surface area contributed by atoms with Crippen LogP contribution in [0.1, 0.15) is 33.3 Å². The van der Waals surface area contributed by atoms with Crippen molar-refractivity contribution in [2.24, 2.45) is 0 Å². The maximum absolute atomic E-state index is 12.1. The number of hydrogen-bond acceptors (Lipinski definition) is 4. The summed E-state index contributed by atoms with van der Waals surface area (Å²) >= 11 is 0. The quantitative estimate of drug-likeness (QED) is 0.907. The van der Waals surface area contributed by atoms with Crippen molar-refractivity contribution >= 4 is 6.09 Å². The maximum atomic E-state index is 12.1. The Morgan fingerprint density at radius 1 is 1.42 bits per heavy atom. The summed E-state index contributed by atoms with van der Waals surface area (Å²) in [7, 11) is 0. The van der Waals surface area contributed by atoms with Crippen LogP contribution in [0.15, 0.2) is 24.5 Å². The molecule has 5 heteroatoms. The highest BCUT2D eigenvalue weighted by atomic mass is 16.6. The molecule has 0 aromatic carbocycles. The Bertz CT molecular complexity index is 399. The molecule has 19 heavy (non-hydrogen) atoms. The van der Waals surface area contributed by atoms with Crippen molar-refractivity contribution in [1.29, 1.82) is 0 Å². The van der Waals surface area contributed by atoms with Crippen molar-refractivity contribution in [1.82, 2.24) is 9.88 Å². The van der Waals surface area contributed by atoms with Crippen LogP contribution in [0.4, 0.5) is 4.79 Å². The Morgan fingerprint density at radius 3 is 2.47 bits per heavy atom. The molecule has 0 aliphatic carbocycles. The first kappa shape index (κ1) is 15.4. The summed E-state index contributed by atoms with van der Waals surface area (Å²) in [5, 5.41) is 9.49. The Balaban J connectivity index is 2.74. The number of hydrogen-bond donors (Lipinski definition) is 1. The van der Waals surface area contributed by atoms with Gasteiger partial charge in [0.2, 0.25) is 0 Å². The second kappa shape index (κ2) is 6.52. The summed E-state index contributed by atoms with van der Waals surface area (Å²) in [6.45, 7) is 7.72. The molecule has 0 aliphatic rings. The highest BCUT2D eigenvalue weighted by Crippen LogP contribution is 2.12. The number of aliphatic hydroxyl groups excluding tert-OH is 1. The van der Waals surface area contributed by atoms with E-state index in [1.54, 1.807) is 19.3 Å². The van der Waals surface area contributed by atoms with Crippen molar-refractivity contribution in [3.8, 4) is 0 Å². The molecule has 1 atom stereocenters. The summed E-state index contributed by atoms with van der Waals surface area (Å²) in [6, 6.07) is 3.67. The number of nitrogens with zero attached hydrogens (tertiary/aromatic N) is 2. The van der Waals surface area contributed by atoms with Gasteiger partial charge < -0.3 is 14.7 Å². The van der Waals surface area contributed by atoms with Gasteiger partial charge in [-0.05, 0) is 45.4 Å². The van der Waals surface area contributed by atoms with E-state index in [4.69, 9.17) is 4.74 Å². The van der Waals surface area contributed by atoms with E-state index in [1.807, 2.05) is 32.9 Å². The molecule has 5 nitrogen and oxygen atoms in total. The molecule has 1 heterocycles. The van der Waals surface area contributed by atoms with E-state index in [0.29, 0.717) is 6.54 Å². The fraction of sp³-hybridized carbons (Fsp3) is 0.571. The fourth-order valence-electron chi connectivity index (χ4n) is 1.56. The molecule has 1 aromatic rings. The zero-order valence-electron chi connectivity index (χ0n) is 12.0. The van der Waals surface area contributed by atoms with Gasteiger partial charge in [0.1, 0.15) is 5.60 Å². The second-order valence-corrected chi connectivity index (χ2v) is 5.57. The Morgan fingerprint density at radius 2 is 2.00 bits per heavy atom. The van der Waals surface area contributed by atoms with Crippen LogP contribution >= 0.6 is 0 Å². The molecule has 0 spiro atoms. The molecule has 0 radical (unpaired) electrons. The lowest BCUT2D eigenvalue weighted by Gasteiger charge is -2.28. The van der Waals surface area contributed by atoms with Crippen LogP contribution in [0.25, 0.3) is 0 Å². The third kappa shape index (κ3) is 6.20. The lowest BCUT2D eigenvalue weighted by molar-refractivity contribution is 0.0142. The van der Waals surface area contributed by atoms with Gasteiger partial charge in [0, 0.05) is 18.9 Å². The van der Waals surface area contributed by atoms with Crippen molar-refractivity contribution in [3.05, 3.63) is 30.1 Å². The first-order valence-corrected chi connectivity index (χ1v) is 6.33. The molecule has 1 rings (SSSR count). The minimum Gasteiger partial charge on any atom is -0.444 e. The molecule has 1 N–H and O–H groups in total. The largest absolute Gasteiger partial charge is 0.444 e. The minimum atomic E-state index is -0.602. The van der Waals surface area contributed by atoms with Crippen LogP contribution in [0.3, 0.4) is 0 Å². The Kier molecular flexibility index (Phi) is 5.30. The van der Waals surface area contributed by atoms with Gasteiger partial charge in [-0.2, -0.15) is 0 Å². The van der Waals surface area contributed by atoms with Crippen molar-refractivity contribution in [2.75, 3.05) is 6.54 Å². The van der Waals surface area contributed by atoms with Crippen molar-refractivity contribution in [2.45, 2.75) is 45.9 Å². The molecule has 0 bridgehead atoms. The molecule has 0 unspecified atom stereocenters. The van der Waals surface area contributed by atoms with E-state index < -0.39 is 17.8 Å². The number of rotatable bonds is 4. The predicted octanol–water partition coefficient (Wildman–Crippen LogP) is 2.20. The standard InChI is InChI=1S/C14H22N2O3/c1-11(17)9-16(13(18)19-14(2,3)4)10-12-5-7-15-8-6-12/h5-8,11,17H,9-10H2,1-4H3/t11-/m1/s1. The minimum absolute atomic E-state index is 0.233. The summed E-state index contributed by atoms with van der Waals surface area (Å²) in [5.74, 6) is 0. The normalized spacial score (nSPS) is 12.9. The molecule has 0 saturated carbocycles. The first-order chi connectivity index (χ1) is 8.78. The molecule has 1 amide bonds. The van der Waals surface area contributed by atoms with Crippen molar-refractivity contribution < 1.29 is 14.6 Å². The van der Waals surface area contributed by atoms with Gasteiger partial charge in [-0.15, -0.1) is 0 Å². The molecule has 0 saturated heterocycles. The Hall–Kier alpha value is -1.62. The lowest BCUT2D eigenvalue weighted by atomic mass is 10.2. The smallest absolute Gasteiger partial charge is 0.410 e. The number of aromatic nitrogens is 1. The van der Waals surface area contributed by atoms with Crippen LogP contribution in [0.5, 0.6) is 0 Å². The van der Waals surface area contributed by atoms with Crippen LogP contribution < -0.4 is 0 Å². The van der Waals surface area contributed by atoms with E-state index in [0.717, 1.165) is 5.56 Å². The molecular formula is C14H22N2O3. The molecular weight excluding hydrogens is 244 g/mol. The van der Waals surface area contributed by atoms with Crippen LogP contribution in [-0.4, -0.2) is 39.3 Å². The highest BCUT2D eigenvalue weighted by molar-refractivity contribution is 5.68. The van der Waals surface area contributed by atoms with Gasteiger partial charge in [0.15, 0.2) is 0 Å². The number of carbonyl (C=O) groups is 1. The summed E-state index contributed by atoms with van der Waals surface area (Å²) in [4.78, 5) is 17.5. The molecule has 1 aromatic heterocycles. The van der Waals surface area contributed by atoms with E-state index in [9.17, 15) is 9.90 Å². The average molecular weight is 266 g/mol. The van der Waals surface area contributed by atoms with E-state index >= 15 is 0 Å². The van der Waals surface area contributed by atoms with Crippen LogP contribution in [0.2, 0.25) is 0 Å². The summed E-state index contributed by atoms with van der Waals surface area (Å²) < 4.78 is 5.33. The maximum Gasteiger partial charge on any atom is 0.410 e. The third-order valence-corrected chi connectivity index (χ3v) is 2.26. The highest BCUT2D eigenvalue weighted by Gasteiger charge is 2.23. The fourth-order valence-corrected chi connectivity index (χ4v) is 1.56. The topological polar surface area (TPSA) is 62.7 Å². The molecule has 106 valence electrons. The third-order valence-electron chi connectivity index (χ3n) is 2.26. The van der Waals surface area contributed by atoms with Gasteiger partial charge in [-0.25, -0.2) is 4.79 Å². The van der Waals surface area contributed by atoms with E-state index in [-0.39, 0.29) is 6.54 Å². The monoisotopic (exact) mass is 266 g/mol. The predicted molar refractivity (Wildman–Crippen MR) is 72.6 cm³/mol. The molecule has 0 fully saturated rings. The van der Waals surface area contributed by atoms with E-state index in [1.165, 1.54) is 4.90 Å². The van der Waals surface area contributed by atoms with Crippen molar-refractivity contribution in [3.63, 3.8) is 0 Å². The second-order valence-electron chi connectivity index (χ2n) is 5.57. The zero-order valence-corrected chi connectivity index (χ0v) is 12.0. The van der Waals surface area contributed by atoms with Gasteiger partial charge in [0.25, 0.3) is 0 Å². The van der Waals surface area contributed by atoms with Crippen LogP contribution in [0, 0.1) is 0 Å². The number of amides is 1. The van der Waals surface area contributed by atoms with Gasteiger partial charge in [0.05, 0.1) is 12.6 Å². The number of aliphatic hydroxyl groups is 1. The van der Waals surface area contributed by atoms with Gasteiger partial charge in [-0.3, -0.25) is 4.98 Å². The van der Waals surface area contributed by atoms with Gasteiger partial charge in [-0.1, -0.05) is 0 Å². The van der Waals surface area contributed by atoms with Crippen LogP contribution in [-0.2, 0) is 11.3 Å². The zero-order chi connectivity index (χ0) is 14.5. The van der Waals surface area contributed by atoms with Gasteiger partial charge >= 0.3 is 6.09 Å². The number of ether oxygens (including phenoxy) is 1. The summed E-state index contributed by atoms with van der Waals surface area (Å²) in [5.41, 5.74) is 0.397. The number of carbonyl (C=O) groups excluding carboxylic acids is 1. The van der Waals surface area contributed by atoms with E-state index in [2.05, 4.69) is 4.98 Å². The SMILES string of the molecule is C[C@@H](O)CN(Cc1ccncc1)C(=O)OC(C)(C)C. The summed E-state index contributed by atoms with van der Waals surface area (Å²) in [6.07, 6.45) is 2.32. The molecule has 0 aliphatic heterocycles.